The van der Waals surface area contributed by atoms with E-state index in [1.165, 1.54) is 29.4 Å². The van der Waals surface area contributed by atoms with Gasteiger partial charge in [-0.25, -0.2) is 9.97 Å². The Kier molecular flexibility index (Phi) is 4.40. The zero-order valence-corrected chi connectivity index (χ0v) is 15.0. The minimum Gasteiger partial charge on any atom is -0.352 e. The summed E-state index contributed by atoms with van der Waals surface area (Å²) in [6.45, 7) is 1.52. The van der Waals surface area contributed by atoms with E-state index in [4.69, 9.17) is 0 Å². The summed E-state index contributed by atoms with van der Waals surface area (Å²) in [6, 6.07) is 4.88. The molecule has 1 saturated heterocycles. The number of benzene rings is 1. The van der Waals surface area contributed by atoms with Crippen LogP contribution in [0, 0.1) is 0 Å². The third kappa shape index (κ3) is 3.14. The highest BCUT2D eigenvalue weighted by Gasteiger charge is 2.36. The molecule has 1 aliphatic heterocycles. The normalized spacial score (nSPS) is 15.3. The Bertz CT molecular complexity index is 1020. The minimum atomic E-state index is -4.57. The van der Waals surface area contributed by atoms with E-state index in [0.717, 1.165) is 11.5 Å². The van der Waals surface area contributed by atoms with Gasteiger partial charge < -0.3 is 9.80 Å². The van der Waals surface area contributed by atoms with Gasteiger partial charge in [0.2, 0.25) is 0 Å². The quantitative estimate of drug-likeness (QED) is 0.672. The van der Waals surface area contributed by atoms with Gasteiger partial charge in [-0.1, -0.05) is 12.1 Å². The van der Waals surface area contributed by atoms with Gasteiger partial charge in [-0.05, 0) is 12.1 Å². The van der Waals surface area contributed by atoms with E-state index >= 15 is 0 Å². The molecule has 0 spiro atoms. The molecule has 0 unspecified atom stereocenters. The topological polar surface area (TPSA) is 67.2 Å². The molecule has 1 fully saturated rings. The molecule has 0 N–H and O–H groups in total. The molecule has 1 aromatic carbocycles. The first-order valence-electron chi connectivity index (χ1n) is 8.69. The van der Waals surface area contributed by atoms with Gasteiger partial charge in [-0.2, -0.15) is 18.3 Å². The average molecular weight is 390 g/mol. The summed E-state index contributed by atoms with van der Waals surface area (Å²) in [7, 11) is 1.79. The summed E-state index contributed by atoms with van der Waals surface area (Å²) in [4.78, 5) is 24.7. The standard InChI is InChI=1S/C18H17F3N6O/c1-25-15-13(10-24-25)16(23-11-22-15)26-6-8-27(9-7-26)17(28)12-4-2-3-5-14(12)18(19,20)21/h2-5,10-11H,6-9H2,1H3. The van der Waals surface area contributed by atoms with E-state index in [1.807, 2.05) is 4.90 Å². The van der Waals surface area contributed by atoms with Crippen LogP contribution in [0.3, 0.4) is 0 Å². The predicted molar refractivity (Wildman–Crippen MR) is 95.9 cm³/mol. The number of anilines is 1. The molecule has 0 aliphatic carbocycles. The molecular weight excluding hydrogens is 373 g/mol. The van der Waals surface area contributed by atoms with Crippen LogP contribution in [0.2, 0.25) is 0 Å². The molecule has 2 aromatic heterocycles. The van der Waals surface area contributed by atoms with Crippen LogP contribution < -0.4 is 4.90 Å². The first kappa shape index (κ1) is 18.2. The Labute approximate surface area is 158 Å². The zero-order valence-electron chi connectivity index (χ0n) is 15.0. The Morgan fingerprint density at radius 1 is 1.07 bits per heavy atom. The van der Waals surface area contributed by atoms with E-state index in [-0.39, 0.29) is 5.56 Å². The molecule has 0 bridgehead atoms. The highest BCUT2D eigenvalue weighted by molar-refractivity contribution is 5.96. The van der Waals surface area contributed by atoms with E-state index in [0.29, 0.717) is 37.6 Å². The van der Waals surface area contributed by atoms with Gasteiger partial charge in [-0.3, -0.25) is 9.48 Å². The molecule has 4 rings (SSSR count). The number of piperazine rings is 1. The number of amides is 1. The maximum absolute atomic E-state index is 13.2. The van der Waals surface area contributed by atoms with Gasteiger partial charge in [0.25, 0.3) is 5.91 Å². The lowest BCUT2D eigenvalue weighted by molar-refractivity contribution is -0.138. The maximum atomic E-state index is 13.2. The van der Waals surface area contributed by atoms with Crippen molar-refractivity contribution in [2.24, 2.45) is 7.05 Å². The first-order valence-corrected chi connectivity index (χ1v) is 8.69. The molecule has 0 atom stereocenters. The summed E-state index contributed by atoms with van der Waals surface area (Å²) in [5.41, 5.74) is -0.530. The molecule has 7 nitrogen and oxygen atoms in total. The fourth-order valence-electron chi connectivity index (χ4n) is 3.41. The number of halogens is 3. The lowest BCUT2D eigenvalue weighted by Crippen LogP contribution is -2.49. The SMILES string of the molecule is Cn1ncc2c(N3CCN(C(=O)c4ccccc4C(F)(F)F)CC3)ncnc21. The molecule has 1 amide bonds. The van der Waals surface area contributed by atoms with Crippen LogP contribution in [0.15, 0.2) is 36.8 Å². The highest BCUT2D eigenvalue weighted by atomic mass is 19.4. The fourth-order valence-corrected chi connectivity index (χ4v) is 3.41. The van der Waals surface area contributed by atoms with Crippen LogP contribution in [-0.2, 0) is 13.2 Å². The van der Waals surface area contributed by atoms with E-state index < -0.39 is 17.6 Å². The summed E-state index contributed by atoms with van der Waals surface area (Å²) in [5, 5.41) is 4.98. The van der Waals surface area contributed by atoms with Crippen molar-refractivity contribution < 1.29 is 18.0 Å². The predicted octanol–water partition coefficient (Wildman–Crippen LogP) is 2.34. The van der Waals surface area contributed by atoms with Gasteiger partial charge in [-0.15, -0.1) is 0 Å². The van der Waals surface area contributed by atoms with Crippen LogP contribution in [-0.4, -0.2) is 56.7 Å². The second-order valence-electron chi connectivity index (χ2n) is 6.53. The van der Waals surface area contributed by atoms with Crippen LogP contribution in [0.25, 0.3) is 11.0 Å². The number of hydrogen-bond donors (Lipinski definition) is 0. The number of nitrogens with zero attached hydrogens (tertiary/aromatic N) is 6. The number of hydrogen-bond acceptors (Lipinski definition) is 5. The third-order valence-corrected chi connectivity index (χ3v) is 4.84. The Morgan fingerprint density at radius 3 is 2.50 bits per heavy atom. The number of aryl methyl sites for hydroxylation is 1. The Balaban J connectivity index is 1.53. The number of aromatic nitrogens is 4. The van der Waals surface area contributed by atoms with Crippen molar-refractivity contribution in [2.45, 2.75) is 6.18 Å². The van der Waals surface area contributed by atoms with Gasteiger partial charge in [0.15, 0.2) is 5.65 Å². The first-order chi connectivity index (χ1) is 13.4. The monoisotopic (exact) mass is 390 g/mol. The van der Waals surface area contributed by atoms with Crippen molar-refractivity contribution >= 4 is 22.8 Å². The highest BCUT2D eigenvalue weighted by Crippen LogP contribution is 2.32. The van der Waals surface area contributed by atoms with E-state index in [9.17, 15) is 18.0 Å². The molecule has 1 aliphatic rings. The zero-order chi connectivity index (χ0) is 19.9. The minimum absolute atomic E-state index is 0.302. The fraction of sp³-hybridized carbons (Fsp3) is 0.333. The van der Waals surface area contributed by atoms with Gasteiger partial charge >= 0.3 is 6.18 Å². The smallest absolute Gasteiger partial charge is 0.352 e. The van der Waals surface area contributed by atoms with Crippen molar-refractivity contribution in [3.05, 3.63) is 47.9 Å². The molecule has 0 saturated carbocycles. The lowest BCUT2D eigenvalue weighted by atomic mass is 10.1. The average Bonchev–Trinajstić information content (AvgIpc) is 3.08. The van der Waals surface area contributed by atoms with Crippen molar-refractivity contribution in [1.29, 1.82) is 0 Å². The van der Waals surface area contributed by atoms with Crippen LogP contribution in [0.5, 0.6) is 0 Å². The van der Waals surface area contributed by atoms with E-state index in [2.05, 4.69) is 15.1 Å². The molecule has 28 heavy (non-hydrogen) atoms. The third-order valence-electron chi connectivity index (χ3n) is 4.84. The van der Waals surface area contributed by atoms with Crippen molar-refractivity contribution in [2.75, 3.05) is 31.1 Å². The number of rotatable bonds is 2. The van der Waals surface area contributed by atoms with Crippen molar-refractivity contribution in [3.63, 3.8) is 0 Å². The second-order valence-corrected chi connectivity index (χ2v) is 6.53. The molecule has 3 heterocycles. The van der Waals surface area contributed by atoms with Gasteiger partial charge in [0, 0.05) is 33.2 Å². The number of alkyl halides is 3. The lowest BCUT2D eigenvalue weighted by Gasteiger charge is -2.35. The van der Waals surface area contributed by atoms with Crippen molar-refractivity contribution in [3.8, 4) is 0 Å². The number of carbonyl (C=O) groups is 1. The van der Waals surface area contributed by atoms with Gasteiger partial charge in [0.1, 0.15) is 12.1 Å². The summed E-state index contributed by atoms with van der Waals surface area (Å²) in [5.74, 6) is 0.0997. The summed E-state index contributed by atoms with van der Waals surface area (Å²) >= 11 is 0. The largest absolute Gasteiger partial charge is 0.417 e. The number of carbonyl (C=O) groups excluding carboxylic acids is 1. The second kappa shape index (κ2) is 6.77. The maximum Gasteiger partial charge on any atom is 0.417 e. The van der Waals surface area contributed by atoms with Crippen LogP contribution >= 0.6 is 0 Å². The molecule has 146 valence electrons. The molecule has 10 heteroatoms. The van der Waals surface area contributed by atoms with Gasteiger partial charge in [0.05, 0.1) is 22.7 Å². The van der Waals surface area contributed by atoms with E-state index in [1.54, 1.807) is 17.9 Å². The van der Waals surface area contributed by atoms with Crippen LogP contribution in [0.4, 0.5) is 19.0 Å². The molecule has 3 aromatic rings. The Hall–Kier alpha value is -3.17. The molecule has 0 radical (unpaired) electrons. The number of fused-ring (bicyclic) bond motifs is 1. The van der Waals surface area contributed by atoms with Crippen molar-refractivity contribution in [1.82, 2.24) is 24.6 Å². The summed E-state index contributed by atoms with van der Waals surface area (Å²) < 4.78 is 41.3. The Morgan fingerprint density at radius 2 is 1.79 bits per heavy atom. The summed E-state index contributed by atoms with van der Waals surface area (Å²) in [6.07, 6.45) is -1.43. The van der Waals surface area contributed by atoms with Crippen LogP contribution in [0.1, 0.15) is 15.9 Å². The molecular formula is C18H17F3N6O.